The third-order valence-electron chi connectivity index (χ3n) is 2.81. The summed E-state index contributed by atoms with van der Waals surface area (Å²) in [5.41, 5.74) is 0. The first kappa shape index (κ1) is 13.2. The van der Waals surface area contributed by atoms with Crippen LogP contribution in [-0.4, -0.2) is 22.4 Å². The quantitative estimate of drug-likeness (QED) is 0.734. The van der Waals surface area contributed by atoms with Gasteiger partial charge in [0.1, 0.15) is 0 Å². The molecule has 3 nitrogen and oxygen atoms in total. The van der Waals surface area contributed by atoms with Crippen molar-refractivity contribution in [2.24, 2.45) is 5.92 Å². The first-order valence-corrected chi connectivity index (χ1v) is 6.39. The summed E-state index contributed by atoms with van der Waals surface area (Å²) in [5.74, 6) is 0.830. The Hall–Kier alpha value is -0.830. The maximum absolute atomic E-state index is 4.18. The SMILES string of the molecule is CC(C)CCCC(C)NCCn1cccn1. The summed E-state index contributed by atoms with van der Waals surface area (Å²) < 4.78 is 1.97. The lowest BCUT2D eigenvalue weighted by atomic mass is 10.0. The van der Waals surface area contributed by atoms with E-state index in [1.165, 1.54) is 19.3 Å². The number of hydrogen-bond donors (Lipinski definition) is 1. The summed E-state index contributed by atoms with van der Waals surface area (Å²) in [6, 6.07) is 2.58. The van der Waals surface area contributed by atoms with Crippen LogP contribution in [0.4, 0.5) is 0 Å². The Bertz CT molecular complexity index is 254. The van der Waals surface area contributed by atoms with Crippen molar-refractivity contribution in [3.63, 3.8) is 0 Å². The number of aromatic nitrogens is 2. The summed E-state index contributed by atoms with van der Waals surface area (Å²) in [5, 5.41) is 7.71. The second-order valence-electron chi connectivity index (χ2n) is 4.95. The van der Waals surface area contributed by atoms with E-state index in [0.29, 0.717) is 6.04 Å². The molecule has 0 aliphatic heterocycles. The van der Waals surface area contributed by atoms with Crippen LogP contribution < -0.4 is 5.32 Å². The van der Waals surface area contributed by atoms with Gasteiger partial charge in [-0.3, -0.25) is 4.68 Å². The van der Waals surface area contributed by atoms with Crippen LogP contribution in [0.15, 0.2) is 18.5 Å². The number of hydrogen-bond acceptors (Lipinski definition) is 2. The van der Waals surface area contributed by atoms with Gasteiger partial charge in [-0.05, 0) is 25.3 Å². The number of nitrogens with zero attached hydrogens (tertiary/aromatic N) is 2. The smallest absolute Gasteiger partial charge is 0.0534 e. The molecule has 1 heterocycles. The van der Waals surface area contributed by atoms with Crippen LogP contribution in [0.5, 0.6) is 0 Å². The van der Waals surface area contributed by atoms with Crippen LogP contribution >= 0.6 is 0 Å². The standard InChI is InChI=1S/C13H25N3/c1-12(2)6-4-7-13(3)14-9-11-16-10-5-8-15-16/h5,8,10,12-14H,4,6-7,9,11H2,1-3H3. The molecule has 0 saturated heterocycles. The van der Waals surface area contributed by atoms with E-state index in [2.05, 4.69) is 31.2 Å². The van der Waals surface area contributed by atoms with E-state index in [1.807, 2.05) is 23.1 Å². The van der Waals surface area contributed by atoms with Gasteiger partial charge in [-0.15, -0.1) is 0 Å². The van der Waals surface area contributed by atoms with Crippen LogP contribution in [-0.2, 0) is 6.54 Å². The molecule has 1 N–H and O–H groups in total. The summed E-state index contributed by atoms with van der Waals surface area (Å²) in [6.07, 6.45) is 7.77. The first-order chi connectivity index (χ1) is 7.68. The van der Waals surface area contributed by atoms with Gasteiger partial charge in [-0.1, -0.05) is 26.7 Å². The Kier molecular flexibility index (Phi) is 6.16. The number of rotatable bonds is 8. The molecule has 0 amide bonds. The predicted octanol–water partition coefficient (Wildman–Crippen LogP) is 2.69. The Morgan fingerprint density at radius 3 is 2.69 bits per heavy atom. The van der Waals surface area contributed by atoms with Gasteiger partial charge in [0.05, 0.1) is 6.54 Å². The van der Waals surface area contributed by atoms with Gasteiger partial charge >= 0.3 is 0 Å². The Morgan fingerprint density at radius 2 is 2.06 bits per heavy atom. The van der Waals surface area contributed by atoms with Crippen molar-refractivity contribution in [3.8, 4) is 0 Å². The summed E-state index contributed by atoms with van der Waals surface area (Å²) in [4.78, 5) is 0. The van der Waals surface area contributed by atoms with Crippen LogP contribution in [0.3, 0.4) is 0 Å². The molecule has 92 valence electrons. The zero-order chi connectivity index (χ0) is 11.8. The second kappa shape index (κ2) is 7.44. The van der Waals surface area contributed by atoms with E-state index in [0.717, 1.165) is 19.0 Å². The molecule has 16 heavy (non-hydrogen) atoms. The Balaban J connectivity index is 2.00. The molecule has 0 fully saturated rings. The largest absolute Gasteiger partial charge is 0.312 e. The molecule has 0 spiro atoms. The van der Waals surface area contributed by atoms with E-state index >= 15 is 0 Å². The minimum Gasteiger partial charge on any atom is -0.312 e. The van der Waals surface area contributed by atoms with Gasteiger partial charge in [0.25, 0.3) is 0 Å². The molecule has 1 aromatic heterocycles. The molecule has 0 bridgehead atoms. The average molecular weight is 223 g/mol. The van der Waals surface area contributed by atoms with Gasteiger partial charge in [-0.25, -0.2) is 0 Å². The van der Waals surface area contributed by atoms with E-state index in [-0.39, 0.29) is 0 Å². The molecule has 1 atom stereocenters. The molecule has 0 aromatic carbocycles. The topological polar surface area (TPSA) is 29.9 Å². The highest BCUT2D eigenvalue weighted by Gasteiger charge is 2.02. The van der Waals surface area contributed by atoms with E-state index in [4.69, 9.17) is 0 Å². The summed E-state index contributed by atoms with van der Waals surface area (Å²) >= 11 is 0. The fraction of sp³-hybridized carbons (Fsp3) is 0.769. The maximum Gasteiger partial charge on any atom is 0.0534 e. The summed E-state index contributed by atoms with van der Waals surface area (Å²) in [7, 11) is 0. The first-order valence-electron chi connectivity index (χ1n) is 6.39. The van der Waals surface area contributed by atoms with Crippen LogP contribution in [0.2, 0.25) is 0 Å². The van der Waals surface area contributed by atoms with Gasteiger partial charge in [0.15, 0.2) is 0 Å². The van der Waals surface area contributed by atoms with E-state index in [9.17, 15) is 0 Å². The van der Waals surface area contributed by atoms with Crippen molar-refractivity contribution in [2.75, 3.05) is 6.54 Å². The summed E-state index contributed by atoms with van der Waals surface area (Å²) in [6.45, 7) is 8.81. The molecule has 1 aromatic rings. The minimum atomic E-state index is 0.620. The lowest BCUT2D eigenvalue weighted by Crippen LogP contribution is -2.29. The molecule has 0 aliphatic rings. The van der Waals surface area contributed by atoms with Crippen molar-refractivity contribution in [2.45, 2.75) is 52.6 Å². The second-order valence-corrected chi connectivity index (χ2v) is 4.95. The molecule has 1 unspecified atom stereocenters. The molecule has 0 saturated carbocycles. The molecular formula is C13H25N3. The van der Waals surface area contributed by atoms with Crippen molar-refractivity contribution in [1.29, 1.82) is 0 Å². The average Bonchev–Trinajstić information content (AvgIpc) is 2.70. The normalized spacial score (nSPS) is 13.2. The highest BCUT2D eigenvalue weighted by atomic mass is 15.3. The molecule has 0 aliphatic carbocycles. The van der Waals surface area contributed by atoms with Crippen LogP contribution in [0.1, 0.15) is 40.0 Å². The molecule has 3 heteroatoms. The highest BCUT2D eigenvalue weighted by Crippen LogP contribution is 2.07. The molecule has 0 radical (unpaired) electrons. The van der Waals surface area contributed by atoms with Gasteiger partial charge in [-0.2, -0.15) is 5.10 Å². The van der Waals surface area contributed by atoms with E-state index < -0.39 is 0 Å². The fourth-order valence-corrected chi connectivity index (χ4v) is 1.79. The molecule has 1 rings (SSSR count). The lowest BCUT2D eigenvalue weighted by Gasteiger charge is -2.14. The third-order valence-corrected chi connectivity index (χ3v) is 2.81. The monoisotopic (exact) mass is 223 g/mol. The zero-order valence-electron chi connectivity index (χ0n) is 10.8. The zero-order valence-corrected chi connectivity index (χ0v) is 10.8. The fourth-order valence-electron chi connectivity index (χ4n) is 1.79. The van der Waals surface area contributed by atoms with Crippen molar-refractivity contribution < 1.29 is 0 Å². The van der Waals surface area contributed by atoms with Crippen LogP contribution in [0, 0.1) is 5.92 Å². The highest BCUT2D eigenvalue weighted by molar-refractivity contribution is 4.77. The van der Waals surface area contributed by atoms with Gasteiger partial charge in [0.2, 0.25) is 0 Å². The third kappa shape index (κ3) is 5.91. The van der Waals surface area contributed by atoms with Crippen molar-refractivity contribution in [1.82, 2.24) is 15.1 Å². The van der Waals surface area contributed by atoms with Crippen molar-refractivity contribution >= 4 is 0 Å². The minimum absolute atomic E-state index is 0.620. The van der Waals surface area contributed by atoms with Gasteiger partial charge < -0.3 is 5.32 Å². The Labute approximate surface area is 99.2 Å². The lowest BCUT2D eigenvalue weighted by molar-refractivity contribution is 0.441. The maximum atomic E-state index is 4.18. The predicted molar refractivity (Wildman–Crippen MR) is 68.4 cm³/mol. The van der Waals surface area contributed by atoms with Gasteiger partial charge in [0, 0.05) is 25.0 Å². The van der Waals surface area contributed by atoms with Crippen molar-refractivity contribution in [3.05, 3.63) is 18.5 Å². The van der Waals surface area contributed by atoms with E-state index in [1.54, 1.807) is 0 Å². The van der Waals surface area contributed by atoms with Crippen LogP contribution in [0.25, 0.3) is 0 Å². The number of nitrogens with one attached hydrogen (secondary N) is 1. The molecular weight excluding hydrogens is 198 g/mol. The Morgan fingerprint density at radius 1 is 1.25 bits per heavy atom.